The van der Waals surface area contributed by atoms with E-state index < -0.39 is 0 Å². The van der Waals surface area contributed by atoms with Gasteiger partial charge in [0.15, 0.2) is 0 Å². The molecule has 0 spiro atoms. The van der Waals surface area contributed by atoms with Crippen LogP contribution in [0.2, 0.25) is 0 Å². The molecule has 1 fully saturated rings. The zero-order valence-corrected chi connectivity index (χ0v) is 9.44. The van der Waals surface area contributed by atoms with Gasteiger partial charge in [0.25, 0.3) is 0 Å². The fraction of sp³-hybridized carbons (Fsp3) is 0.833. The van der Waals surface area contributed by atoms with Crippen LogP contribution in [0.4, 0.5) is 0 Å². The molecule has 74 valence electrons. The first kappa shape index (κ1) is 10.6. The molecule has 0 bridgehead atoms. The molecule has 1 nitrogen and oxygen atoms in total. The highest BCUT2D eigenvalue weighted by atomic mass is 14.9. The Labute approximate surface area is 82.3 Å². The van der Waals surface area contributed by atoms with E-state index in [-0.39, 0.29) is 0 Å². The van der Waals surface area contributed by atoms with E-state index in [9.17, 15) is 0 Å². The van der Waals surface area contributed by atoms with E-state index in [1.54, 1.807) is 0 Å². The summed E-state index contributed by atoms with van der Waals surface area (Å²) in [7, 11) is 0. The van der Waals surface area contributed by atoms with Crippen molar-refractivity contribution in [3.63, 3.8) is 0 Å². The van der Waals surface area contributed by atoms with Crippen molar-refractivity contribution in [2.24, 2.45) is 16.7 Å². The second-order valence-corrected chi connectivity index (χ2v) is 5.29. The Kier molecular flexibility index (Phi) is 2.47. The molecular formula is C12H21N. The van der Waals surface area contributed by atoms with E-state index in [4.69, 9.17) is 6.42 Å². The maximum Gasteiger partial charge on any atom is 0.0575 e. The van der Waals surface area contributed by atoms with Gasteiger partial charge in [0.2, 0.25) is 0 Å². The van der Waals surface area contributed by atoms with Crippen molar-refractivity contribution in [1.82, 2.24) is 5.32 Å². The van der Waals surface area contributed by atoms with E-state index in [0.29, 0.717) is 23.4 Å². The van der Waals surface area contributed by atoms with Crippen LogP contribution in [0.3, 0.4) is 0 Å². The van der Waals surface area contributed by atoms with E-state index in [1.807, 2.05) is 0 Å². The van der Waals surface area contributed by atoms with Crippen LogP contribution in [0.1, 0.15) is 34.6 Å². The summed E-state index contributed by atoms with van der Waals surface area (Å²) in [6.45, 7) is 12.3. The molecule has 13 heavy (non-hydrogen) atoms. The van der Waals surface area contributed by atoms with Crippen LogP contribution in [0.25, 0.3) is 0 Å². The maximum absolute atomic E-state index is 5.22. The highest BCUT2D eigenvalue weighted by Gasteiger charge is 2.66. The molecule has 1 aliphatic rings. The Morgan fingerprint density at radius 3 is 2.08 bits per heavy atom. The molecular weight excluding hydrogens is 158 g/mol. The van der Waals surface area contributed by atoms with Crippen molar-refractivity contribution in [3.8, 4) is 12.3 Å². The molecule has 0 saturated heterocycles. The Hall–Kier alpha value is -0.480. The Morgan fingerprint density at radius 2 is 1.77 bits per heavy atom. The summed E-state index contributed by atoms with van der Waals surface area (Å²) < 4.78 is 0. The minimum Gasteiger partial charge on any atom is -0.303 e. The average Bonchev–Trinajstić information content (AvgIpc) is 2.39. The van der Waals surface area contributed by atoms with Crippen molar-refractivity contribution in [2.45, 2.75) is 40.7 Å². The summed E-state index contributed by atoms with van der Waals surface area (Å²) >= 11 is 0. The Bertz CT molecular complexity index is 218. The first-order chi connectivity index (χ1) is 5.85. The lowest BCUT2D eigenvalue weighted by Gasteiger charge is -2.13. The van der Waals surface area contributed by atoms with Gasteiger partial charge in [-0.1, -0.05) is 33.6 Å². The first-order valence-corrected chi connectivity index (χ1v) is 5.02. The van der Waals surface area contributed by atoms with Crippen molar-refractivity contribution >= 4 is 0 Å². The molecule has 1 N–H and O–H groups in total. The van der Waals surface area contributed by atoms with Gasteiger partial charge >= 0.3 is 0 Å². The third kappa shape index (κ3) is 1.48. The van der Waals surface area contributed by atoms with Crippen LogP contribution in [0, 0.1) is 29.1 Å². The van der Waals surface area contributed by atoms with E-state index >= 15 is 0 Å². The summed E-state index contributed by atoms with van der Waals surface area (Å²) in [5.74, 6) is 3.37. The number of nitrogens with one attached hydrogen (secondary N) is 1. The normalized spacial score (nSPS) is 26.5. The van der Waals surface area contributed by atoms with Crippen LogP contribution >= 0.6 is 0 Å². The Morgan fingerprint density at radius 1 is 1.31 bits per heavy atom. The maximum atomic E-state index is 5.22. The van der Waals surface area contributed by atoms with Gasteiger partial charge in [-0.2, -0.15) is 0 Å². The van der Waals surface area contributed by atoms with Gasteiger partial charge in [0.1, 0.15) is 0 Å². The van der Waals surface area contributed by atoms with Gasteiger partial charge in [-0.25, -0.2) is 0 Å². The third-order valence-electron chi connectivity index (χ3n) is 4.16. The largest absolute Gasteiger partial charge is 0.303 e. The highest BCUT2D eigenvalue weighted by Crippen LogP contribution is 2.69. The number of hydrogen-bond donors (Lipinski definition) is 1. The quantitative estimate of drug-likeness (QED) is 0.655. The SMILES string of the molecule is C#CCNC(C)C1C(C)(C)C1(C)C. The summed E-state index contributed by atoms with van der Waals surface area (Å²) in [6.07, 6.45) is 5.22. The molecule has 1 heteroatoms. The molecule has 0 aliphatic heterocycles. The van der Waals surface area contributed by atoms with Crippen LogP contribution in [-0.2, 0) is 0 Å². The van der Waals surface area contributed by atoms with E-state index in [2.05, 4.69) is 45.9 Å². The second-order valence-electron chi connectivity index (χ2n) is 5.29. The van der Waals surface area contributed by atoms with Gasteiger partial charge in [0.05, 0.1) is 6.54 Å². The van der Waals surface area contributed by atoms with E-state index in [0.717, 1.165) is 5.92 Å². The molecule has 1 atom stereocenters. The standard InChI is InChI=1S/C12H21N/c1-7-8-13-9(2)10-11(3,4)12(10,5)6/h1,9-10,13H,8H2,2-6H3. The first-order valence-electron chi connectivity index (χ1n) is 5.02. The van der Waals surface area contributed by atoms with Gasteiger partial charge in [-0.15, -0.1) is 6.42 Å². The predicted octanol–water partition coefficient (Wildman–Crippen LogP) is 2.28. The van der Waals surface area contributed by atoms with Gasteiger partial charge in [0, 0.05) is 6.04 Å². The molecule has 0 radical (unpaired) electrons. The molecule has 0 aromatic heterocycles. The molecule has 0 amide bonds. The number of rotatable bonds is 3. The average molecular weight is 179 g/mol. The van der Waals surface area contributed by atoms with Crippen LogP contribution < -0.4 is 5.32 Å². The second kappa shape index (κ2) is 3.03. The lowest BCUT2D eigenvalue weighted by Crippen LogP contribution is -2.30. The van der Waals surface area contributed by atoms with E-state index in [1.165, 1.54) is 0 Å². The van der Waals surface area contributed by atoms with Crippen molar-refractivity contribution in [2.75, 3.05) is 6.54 Å². The fourth-order valence-corrected chi connectivity index (χ4v) is 2.84. The molecule has 1 saturated carbocycles. The minimum absolute atomic E-state index is 0.452. The van der Waals surface area contributed by atoms with Gasteiger partial charge in [-0.05, 0) is 23.7 Å². The number of hydrogen-bond acceptors (Lipinski definition) is 1. The summed E-state index contributed by atoms with van der Waals surface area (Å²) in [4.78, 5) is 0. The fourth-order valence-electron chi connectivity index (χ4n) is 2.84. The Balaban J connectivity index is 2.53. The summed E-state index contributed by atoms with van der Waals surface area (Å²) in [5, 5.41) is 3.37. The molecule has 0 heterocycles. The molecule has 1 rings (SSSR count). The topological polar surface area (TPSA) is 12.0 Å². The van der Waals surface area contributed by atoms with Gasteiger partial charge < -0.3 is 5.32 Å². The van der Waals surface area contributed by atoms with Crippen molar-refractivity contribution < 1.29 is 0 Å². The van der Waals surface area contributed by atoms with Crippen LogP contribution in [0.15, 0.2) is 0 Å². The number of terminal acetylenes is 1. The molecule has 1 aliphatic carbocycles. The van der Waals surface area contributed by atoms with Crippen molar-refractivity contribution in [1.29, 1.82) is 0 Å². The third-order valence-corrected chi connectivity index (χ3v) is 4.16. The molecule has 0 aromatic rings. The predicted molar refractivity (Wildman–Crippen MR) is 57.3 cm³/mol. The summed E-state index contributed by atoms with van der Waals surface area (Å²) in [5.41, 5.74) is 0.905. The highest BCUT2D eigenvalue weighted by molar-refractivity contribution is 5.15. The van der Waals surface area contributed by atoms with Gasteiger partial charge in [-0.3, -0.25) is 0 Å². The zero-order valence-electron chi connectivity index (χ0n) is 9.44. The van der Waals surface area contributed by atoms with Crippen molar-refractivity contribution in [3.05, 3.63) is 0 Å². The lowest BCUT2D eigenvalue weighted by atomic mass is 10.0. The van der Waals surface area contributed by atoms with Crippen LogP contribution in [-0.4, -0.2) is 12.6 Å². The monoisotopic (exact) mass is 179 g/mol. The zero-order chi connectivity index (χ0) is 10.3. The lowest BCUT2D eigenvalue weighted by molar-refractivity contribution is 0.442. The smallest absolute Gasteiger partial charge is 0.0575 e. The summed E-state index contributed by atoms with van der Waals surface area (Å²) in [6, 6.07) is 0.529. The molecule has 0 aromatic carbocycles. The molecule has 1 unspecified atom stereocenters. The van der Waals surface area contributed by atoms with Crippen LogP contribution in [0.5, 0.6) is 0 Å². The minimum atomic E-state index is 0.452.